The fourth-order valence-electron chi connectivity index (χ4n) is 0.349. The van der Waals surface area contributed by atoms with Crippen LogP contribution < -0.4 is 0 Å². The molecule has 0 saturated heterocycles. The van der Waals surface area contributed by atoms with Gasteiger partial charge in [-0.2, -0.15) is 5.26 Å². The molecule has 50 valence electrons. The van der Waals surface area contributed by atoms with Crippen LogP contribution in [0.5, 0.6) is 0 Å². The lowest BCUT2D eigenvalue weighted by atomic mass is 10.7. The first-order valence-electron chi connectivity index (χ1n) is 2.57. The van der Waals surface area contributed by atoms with E-state index in [1.54, 1.807) is 13.0 Å². The number of rotatable bonds is 4. The Morgan fingerprint density at radius 3 is 2.89 bits per heavy atom. The van der Waals surface area contributed by atoms with Gasteiger partial charge in [0.2, 0.25) is 6.41 Å². The van der Waals surface area contributed by atoms with E-state index in [2.05, 4.69) is 4.84 Å². The van der Waals surface area contributed by atoms with Gasteiger partial charge in [0.1, 0.15) is 6.54 Å². The Bertz CT molecular complexity index is 119. The molecule has 0 aromatic rings. The second-order valence-electron chi connectivity index (χ2n) is 1.26. The summed E-state index contributed by atoms with van der Waals surface area (Å²) in [5.41, 5.74) is 0. The zero-order chi connectivity index (χ0) is 7.11. The van der Waals surface area contributed by atoms with Crippen molar-refractivity contribution in [2.75, 3.05) is 13.2 Å². The minimum absolute atomic E-state index is 0.0165. The molecule has 0 bridgehead atoms. The molecule has 0 aromatic carbocycles. The highest BCUT2D eigenvalue weighted by Gasteiger charge is 1.95. The molecule has 0 aliphatic carbocycles. The molecule has 0 N–H and O–H groups in total. The molecule has 0 unspecified atom stereocenters. The van der Waals surface area contributed by atoms with Crippen LogP contribution in [0, 0.1) is 11.3 Å². The molecule has 0 heterocycles. The number of nitrogens with zero attached hydrogens (tertiary/aromatic N) is 2. The maximum Gasteiger partial charge on any atom is 0.234 e. The highest BCUT2D eigenvalue weighted by molar-refractivity contribution is 5.45. The van der Waals surface area contributed by atoms with Gasteiger partial charge in [0.25, 0.3) is 0 Å². The van der Waals surface area contributed by atoms with Gasteiger partial charge in [-0.3, -0.25) is 9.63 Å². The van der Waals surface area contributed by atoms with Crippen LogP contribution in [0.2, 0.25) is 0 Å². The Labute approximate surface area is 53.6 Å². The average molecular weight is 128 g/mol. The van der Waals surface area contributed by atoms with Gasteiger partial charge in [-0.05, 0) is 6.92 Å². The van der Waals surface area contributed by atoms with Crippen molar-refractivity contribution in [3.63, 3.8) is 0 Å². The van der Waals surface area contributed by atoms with Gasteiger partial charge in [0.05, 0.1) is 12.7 Å². The summed E-state index contributed by atoms with van der Waals surface area (Å²) in [5.74, 6) is 0. The number of hydrogen-bond donors (Lipinski definition) is 0. The smallest absolute Gasteiger partial charge is 0.234 e. The van der Waals surface area contributed by atoms with Gasteiger partial charge in [-0.15, -0.1) is 0 Å². The van der Waals surface area contributed by atoms with Crippen molar-refractivity contribution in [3.05, 3.63) is 0 Å². The van der Waals surface area contributed by atoms with Crippen LogP contribution in [-0.4, -0.2) is 24.6 Å². The normalized spacial score (nSPS) is 8.00. The molecule has 0 radical (unpaired) electrons. The summed E-state index contributed by atoms with van der Waals surface area (Å²) in [5, 5.41) is 9.01. The second kappa shape index (κ2) is 5.06. The van der Waals surface area contributed by atoms with E-state index in [4.69, 9.17) is 5.26 Å². The van der Waals surface area contributed by atoms with E-state index < -0.39 is 0 Å². The predicted octanol–water partition coefficient (Wildman–Crippen LogP) is -0.0801. The molecule has 0 fully saturated rings. The summed E-state index contributed by atoms with van der Waals surface area (Å²) in [6, 6.07) is 1.77. The topological polar surface area (TPSA) is 53.3 Å². The Morgan fingerprint density at radius 1 is 1.89 bits per heavy atom. The van der Waals surface area contributed by atoms with E-state index in [1.807, 2.05) is 0 Å². The lowest BCUT2D eigenvalue weighted by Crippen LogP contribution is -2.22. The third-order valence-corrected chi connectivity index (χ3v) is 0.639. The molecular weight excluding hydrogens is 120 g/mol. The molecule has 0 spiro atoms. The van der Waals surface area contributed by atoms with E-state index in [9.17, 15) is 4.79 Å². The van der Waals surface area contributed by atoms with Crippen LogP contribution in [0.4, 0.5) is 0 Å². The lowest BCUT2D eigenvalue weighted by Gasteiger charge is -2.09. The first-order chi connectivity index (χ1) is 4.35. The van der Waals surface area contributed by atoms with Crippen molar-refractivity contribution in [1.82, 2.24) is 5.06 Å². The van der Waals surface area contributed by atoms with Gasteiger partial charge < -0.3 is 0 Å². The molecule has 4 heteroatoms. The van der Waals surface area contributed by atoms with E-state index in [0.717, 1.165) is 5.06 Å². The summed E-state index contributed by atoms with van der Waals surface area (Å²) < 4.78 is 0. The average Bonchev–Trinajstić information content (AvgIpc) is 1.88. The fraction of sp³-hybridized carbons (Fsp3) is 0.600. The largest absolute Gasteiger partial charge is 0.276 e. The standard InChI is InChI=1S/C5H8N2O2/c1-2-9-7(5-8)4-3-6/h5H,2,4H2,1H3. The molecule has 0 rings (SSSR count). The number of hydroxylamine groups is 2. The number of carbonyl (C=O) groups excluding carboxylic acids is 1. The minimum atomic E-state index is -0.0165. The quantitative estimate of drug-likeness (QED) is 0.302. The first-order valence-corrected chi connectivity index (χ1v) is 2.57. The number of hydrogen-bond acceptors (Lipinski definition) is 3. The maximum absolute atomic E-state index is 9.93. The number of carbonyl (C=O) groups is 1. The molecule has 1 amide bonds. The molecule has 0 atom stereocenters. The monoisotopic (exact) mass is 128 g/mol. The van der Waals surface area contributed by atoms with Crippen LogP contribution in [0.1, 0.15) is 6.92 Å². The van der Waals surface area contributed by atoms with Crippen LogP contribution in [-0.2, 0) is 9.63 Å². The van der Waals surface area contributed by atoms with Crippen LogP contribution in [0.3, 0.4) is 0 Å². The Hall–Kier alpha value is -1.08. The third kappa shape index (κ3) is 3.50. The van der Waals surface area contributed by atoms with Crippen LogP contribution >= 0.6 is 0 Å². The van der Waals surface area contributed by atoms with Gasteiger partial charge in [-0.1, -0.05) is 0 Å². The minimum Gasteiger partial charge on any atom is -0.276 e. The molecular formula is C5H8N2O2. The molecule has 0 aliphatic rings. The van der Waals surface area contributed by atoms with Gasteiger partial charge in [0, 0.05) is 0 Å². The van der Waals surface area contributed by atoms with E-state index in [1.165, 1.54) is 0 Å². The molecule has 0 saturated carbocycles. The van der Waals surface area contributed by atoms with Crippen molar-refractivity contribution in [2.45, 2.75) is 6.92 Å². The van der Waals surface area contributed by atoms with Gasteiger partial charge >= 0.3 is 0 Å². The van der Waals surface area contributed by atoms with Crippen LogP contribution in [0.25, 0.3) is 0 Å². The van der Waals surface area contributed by atoms with Crippen molar-refractivity contribution < 1.29 is 9.63 Å². The molecule has 0 aliphatic heterocycles. The van der Waals surface area contributed by atoms with E-state index in [0.29, 0.717) is 13.0 Å². The highest BCUT2D eigenvalue weighted by atomic mass is 16.7. The van der Waals surface area contributed by atoms with E-state index >= 15 is 0 Å². The van der Waals surface area contributed by atoms with Crippen molar-refractivity contribution in [3.8, 4) is 6.07 Å². The number of nitriles is 1. The summed E-state index contributed by atoms with van der Waals surface area (Å²) >= 11 is 0. The molecule has 9 heavy (non-hydrogen) atoms. The first kappa shape index (κ1) is 7.92. The lowest BCUT2D eigenvalue weighted by molar-refractivity contribution is -0.166. The predicted molar refractivity (Wildman–Crippen MR) is 30.0 cm³/mol. The Balaban J connectivity index is 3.44. The SMILES string of the molecule is CCON(C=O)CC#N. The maximum atomic E-state index is 9.93. The highest BCUT2D eigenvalue weighted by Crippen LogP contribution is 1.81. The summed E-state index contributed by atoms with van der Waals surface area (Å²) in [6.07, 6.45) is 0.479. The Kier molecular flexibility index (Phi) is 4.46. The van der Waals surface area contributed by atoms with Gasteiger partial charge in [-0.25, -0.2) is 5.06 Å². The zero-order valence-corrected chi connectivity index (χ0v) is 5.20. The third-order valence-electron chi connectivity index (χ3n) is 0.639. The zero-order valence-electron chi connectivity index (χ0n) is 5.20. The summed E-state index contributed by atoms with van der Waals surface area (Å²) in [4.78, 5) is 14.6. The molecule has 0 aromatic heterocycles. The van der Waals surface area contributed by atoms with Gasteiger partial charge in [0.15, 0.2) is 0 Å². The van der Waals surface area contributed by atoms with Crippen molar-refractivity contribution in [2.24, 2.45) is 0 Å². The fourth-order valence-corrected chi connectivity index (χ4v) is 0.349. The second-order valence-corrected chi connectivity index (χ2v) is 1.26. The number of amides is 1. The Morgan fingerprint density at radius 2 is 2.56 bits per heavy atom. The molecule has 4 nitrogen and oxygen atoms in total. The van der Waals surface area contributed by atoms with Crippen molar-refractivity contribution in [1.29, 1.82) is 5.26 Å². The summed E-state index contributed by atoms with van der Waals surface area (Å²) in [6.45, 7) is 2.13. The summed E-state index contributed by atoms with van der Waals surface area (Å²) in [7, 11) is 0. The van der Waals surface area contributed by atoms with E-state index in [-0.39, 0.29) is 6.54 Å². The van der Waals surface area contributed by atoms with Crippen LogP contribution in [0.15, 0.2) is 0 Å². The van der Waals surface area contributed by atoms with Crippen molar-refractivity contribution >= 4 is 6.41 Å².